The van der Waals surface area contributed by atoms with Gasteiger partial charge in [0.15, 0.2) is 9.84 Å². The van der Waals surface area contributed by atoms with Gasteiger partial charge in [-0.15, -0.1) is 0 Å². The highest BCUT2D eigenvalue weighted by Gasteiger charge is 2.25. The molecule has 196 valence electrons. The van der Waals surface area contributed by atoms with Gasteiger partial charge in [0.2, 0.25) is 5.88 Å². The van der Waals surface area contributed by atoms with Crippen molar-refractivity contribution in [2.75, 3.05) is 24.6 Å². The number of pyridine rings is 2. The van der Waals surface area contributed by atoms with Crippen LogP contribution in [0.3, 0.4) is 0 Å². The number of ether oxygens (including phenoxy) is 1. The SMILES string of the molecule is CC(CCc1cn(-c2cnn(C)c2)c2nc(-c3ccc(OC(F)F)nc3)ccc12)N1CCS(=O)(=O)CC1. The topological polar surface area (TPSA) is 95.1 Å². The summed E-state index contributed by atoms with van der Waals surface area (Å²) >= 11 is 0. The summed E-state index contributed by atoms with van der Waals surface area (Å²) in [6.07, 6.45) is 8.90. The van der Waals surface area contributed by atoms with Gasteiger partial charge < -0.3 is 4.74 Å². The minimum atomic E-state index is -2.93. The number of aryl methyl sites for hydroxylation is 2. The zero-order valence-corrected chi connectivity index (χ0v) is 21.4. The lowest BCUT2D eigenvalue weighted by Crippen LogP contribution is -2.45. The van der Waals surface area contributed by atoms with Crippen molar-refractivity contribution in [1.29, 1.82) is 0 Å². The Morgan fingerprint density at radius 3 is 2.51 bits per heavy atom. The third kappa shape index (κ3) is 5.64. The lowest BCUT2D eigenvalue weighted by Gasteiger charge is -2.32. The molecular weight excluding hydrogens is 502 g/mol. The van der Waals surface area contributed by atoms with E-state index in [0.29, 0.717) is 24.3 Å². The molecule has 5 rings (SSSR count). The number of hydrogen-bond donors (Lipinski definition) is 0. The third-order valence-electron chi connectivity index (χ3n) is 6.78. The quantitative estimate of drug-likeness (QED) is 0.344. The van der Waals surface area contributed by atoms with Gasteiger partial charge in [-0.25, -0.2) is 18.4 Å². The molecular formula is C25H28F2N6O3S. The molecule has 0 radical (unpaired) electrons. The molecule has 9 nitrogen and oxygen atoms in total. The zero-order chi connectivity index (χ0) is 26.2. The fourth-order valence-corrected chi connectivity index (χ4v) is 5.90. The Labute approximate surface area is 213 Å². The Hall–Kier alpha value is -3.38. The van der Waals surface area contributed by atoms with Crippen LogP contribution >= 0.6 is 0 Å². The summed E-state index contributed by atoms with van der Waals surface area (Å²) in [4.78, 5) is 11.1. The first-order valence-corrected chi connectivity index (χ1v) is 13.9. The van der Waals surface area contributed by atoms with Gasteiger partial charge in [0.05, 0.1) is 29.1 Å². The van der Waals surface area contributed by atoms with Gasteiger partial charge in [0, 0.05) is 61.8 Å². The van der Waals surface area contributed by atoms with Gasteiger partial charge in [-0.05, 0) is 43.5 Å². The number of nitrogens with zero attached hydrogens (tertiary/aromatic N) is 6. The van der Waals surface area contributed by atoms with Crippen molar-refractivity contribution in [3.8, 4) is 22.8 Å². The minimum absolute atomic E-state index is 0.152. The van der Waals surface area contributed by atoms with E-state index in [-0.39, 0.29) is 23.4 Å². The van der Waals surface area contributed by atoms with Gasteiger partial charge in [-0.1, -0.05) is 0 Å². The van der Waals surface area contributed by atoms with E-state index in [1.165, 1.54) is 12.3 Å². The van der Waals surface area contributed by atoms with Crippen LogP contribution in [0, 0.1) is 0 Å². The Morgan fingerprint density at radius 1 is 1.08 bits per heavy atom. The first kappa shape index (κ1) is 25.3. The van der Waals surface area contributed by atoms with E-state index in [4.69, 9.17) is 4.98 Å². The lowest BCUT2D eigenvalue weighted by atomic mass is 10.0. The largest absolute Gasteiger partial charge is 0.417 e. The molecule has 12 heteroatoms. The Morgan fingerprint density at radius 2 is 1.86 bits per heavy atom. The summed E-state index contributed by atoms with van der Waals surface area (Å²) in [6.45, 7) is 0.352. The van der Waals surface area contributed by atoms with Crippen LogP contribution in [-0.2, 0) is 23.3 Å². The molecule has 0 saturated carbocycles. The van der Waals surface area contributed by atoms with Crippen LogP contribution in [0.25, 0.3) is 28.0 Å². The molecule has 5 heterocycles. The second-order valence-electron chi connectivity index (χ2n) is 9.30. The van der Waals surface area contributed by atoms with Crippen LogP contribution in [-0.4, -0.2) is 74.9 Å². The number of aromatic nitrogens is 5. The first-order valence-electron chi connectivity index (χ1n) is 12.0. The van der Waals surface area contributed by atoms with E-state index in [9.17, 15) is 17.2 Å². The van der Waals surface area contributed by atoms with Gasteiger partial charge >= 0.3 is 6.61 Å². The van der Waals surface area contributed by atoms with E-state index < -0.39 is 16.4 Å². The minimum Gasteiger partial charge on any atom is -0.417 e. The zero-order valence-electron chi connectivity index (χ0n) is 20.6. The molecule has 0 amide bonds. The number of sulfone groups is 1. The van der Waals surface area contributed by atoms with E-state index in [0.717, 1.165) is 35.1 Å². The van der Waals surface area contributed by atoms with E-state index >= 15 is 0 Å². The molecule has 0 N–H and O–H groups in total. The summed E-state index contributed by atoms with van der Waals surface area (Å²) < 4.78 is 56.6. The highest BCUT2D eigenvalue weighted by Crippen LogP contribution is 2.29. The lowest BCUT2D eigenvalue weighted by molar-refractivity contribution is -0.0528. The van der Waals surface area contributed by atoms with E-state index in [2.05, 4.69) is 32.8 Å². The number of rotatable bonds is 8. The van der Waals surface area contributed by atoms with E-state index in [1.807, 2.05) is 29.9 Å². The van der Waals surface area contributed by atoms with Crippen LogP contribution in [0.1, 0.15) is 18.9 Å². The summed E-state index contributed by atoms with van der Waals surface area (Å²) in [5.41, 5.74) is 4.09. The summed E-state index contributed by atoms with van der Waals surface area (Å²) in [7, 11) is -1.06. The summed E-state index contributed by atoms with van der Waals surface area (Å²) in [5, 5.41) is 5.30. The molecule has 4 aromatic heterocycles. The van der Waals surface area contributed by atoms with Crippen molar-refractivity contribution in [3.63, 3.8) is 0 Å². The van der Waals surface area contributed by atoms with Crippen LogP contribution < -0.4 is 4.74 Å². The molecule has 1 unspecified atom stereocenters. The molecule has 0 aliphatic carbocycles. The maximum atomic E-state index is 12.5. The molecule has 37 heavy (non-hydrogen) atoms. The predicted octanol–water partition coefficient (Wildman–Crippen LogP) is 3.47. The summed E-state index contributed by atoms with van der Waals surface area (Å²) in [6, 6.07) is 7.20. The van der Waals surface area contributed by atoms with Crippen molar-refractivity contribution < 1.29 is 21.9 Å². The molecule has 0 spiro atoms. The number of fused-ring (bicyclic) bond motifs is 1. The van der Waals surface area contributed by atoms with Crippen molar-refractivity contribution >= 4 is 20.9 Å². The second-order valence-corrected chi connectivity index (χ2v) is 11.6. The molecule has 1 saturated heterocycles. The molecule has 4 aromatic rings. The van der Waals surface area contributed by atoms with Crippen molar-refractivity contribution in [2.45, 2.75) is 32.4 Å². The number of alkyl halides is 2. The Kier molecular flexibility index (Phi) is 6.95. The highest BCUT2D eigenvalue weighted by atomic mass is 32.2. The van der Waals surface area contributed by atoms with Crippen LogP contribution in [0.15, 0.2) is 49.1 Å². The standard InChI is InChI=1S/C25H28F2N6O3S/c1-17(32-9-11-37(34,35)12-10-32)3-4-19-15-33(20-14-29-31(2)16-20)24-21(19)6-7-22(30-24)18-5-8-23(28-13-18)36-25(26)27/h5-8,13-17,25H,3-4,9-12H2,1-2H3. The average molecular weight is 531 g/mol. The fourth-order valence-electron chi connectivity index (χ4n) is 4.67. The molecule has 0 bridgehead atoms. The molecule has 1 aliphatic heterocycles. The van der Waals surface area contributed by atoms with Gasteiger partial charge in [-0.3, -0.25) is 14.1 Å². The van der Waals surface area contributed by atoms with Crippen molar-refractivity contribution in [3.05, 3.63) is 54.6 Å². The van der Waals surface area contributed by atoms with Gasteiger partial charge in [0.1, 0.15) is 5.65 Å². The molecule has 1 aliphatic rings. The number of halogens is 2. The molecule has 1 fully saturated rings. The van der Waals surface area contributed by atoms with E-state index in [1.54, 1.807) is 16.9 Å². The van der Waals surface area contributed by atoms with Crippen molar-refractivity contribution in [1.82, 2.24) is 29.2 Å². The van der Waals surface area contributed by atoms with Crippen molar-refractivity contribution in [2.24, 2.45) is 7.05 Å². The smallest absolute Gasteiger partial charge is 0.388 e. The normalized spacial score (nSPS) is 16.9. The fraction of sp³-hybridized carbons (Fsp3) is 0.400. The maximum absolute atomic E-state index is 12.5. The monoisotopic (exact) mass is 530 g/mol. The second kappa shape index (κ2) is 10.2. The average Bonchev–Trinajstić information content (AvgIpc) is 3.45. The third-order valence-corrected chi connectivity index (χ3v) is 8.39. The highest BCUT2D eigenvalue weighted by molar-refractivity contribution is 7.91. The van der Waals surface area contributed by atoms with Crippen LogP contribution in [0.5, 0.6) is 5.88 Å². The molecule has 1 atom stereocenters. The Balaban J connectivity index is 1.43. The van der Waals surface area contributed by atoms with Crippen LogP contribution in [0.4, 0.5) is 8.78 Å². The van der Waals surface area contributed by atoms with Gasteiger partial charge in [-0.2, -0.15) is 13.9 Å². The summed E-state index contributed by atoms with van der Waals surface area (Å²) in [5.74, 6) is 0.282. The first-order chi connectivity index (χ1) is 17.7. The van der Waals surface area contributed by atoms with Gasteiger partial charge in [0.25, 0.3) is 0 Å². The maximum Gasteiger partial charge on any atom is 0.388 e. The van der Waals surface area contributed by atoms with Crippen LogP contribution in [0.2, 0.25) is 0 Å². The molecule has 0 aromatic carbocycles. The predicted molar refractivity (Wildman–Crippen MR) is 136 cm³/mol. The number of hydrogen-bond acceptors (Lipinski definition) is 7. The Bertz CT molecular complexity index is 1490.